The number of nitrogens with zero attached hydrogens (tertiary/aromatic N) is 4. The van der Waals surface area contributed by atoms with E-state index in [0.29, 0.717) is 11.7 Å². The molecule has 0 saturated carbocycles. The fourth-order valence-corrected chi connectivity index (χ4v) is 1.75. The van der Waals surface area contributed by atoms with Gasteiger partial charge in [0.2, 0.25) is 0 Å². The van der Waals surface area contributed by atoms with Crippen LogP contribution in [-0.4, -0.2) is 25.0 Å². The molecule has 0 N–H and O–H groups in total. The molecule has 0 spiro atoms. The average Bonchev–Trinajstić information content (AvgIpc) is 2.65. The molecule has 0 aliphatic carbocycles. The second-order valence-corrected chi connectivity index (χ2v) is 4.89. The van der Waals surface area contributed by atoms with Crippen molar-refractivity contribution >= 4 is 17.4 Å². The molecule has 0 bridgehead atoms. The molecule has 2 heterocycles. The second kappa shape index (κ2) is 4.37. The van der Waals surface area contributed by atoms with E-state index in [2.05, 4.69) is 28.9 Å². The Morgan fingerprint density at radius 1 is 1.44 bits per heavy atom. The molecule has 2 rings (SSSR count). The van der Waals surface area contributed by atoms with Crippen LogP contribution < -0.4 is 0 Å². The van der Waals surface area contributed by atoms with Crippen molar-refractivity contribution in [2.45, 2.75) is 32.6 Å². The Labute approximate surface area is 99.7 Å². The van der Waals surface area contributed by atoms with Crippen molar-refractivity contribution in [2.24, 2.45) is 5.92 Å². The fourth-order valence-electron chi connectivity index (χ4n) is 1.59. The van der Waals surface area contributed by atoms with Crippen molar-refractivity contribution < 1.29 is 0 Å². The van der Waals surface area contributed by atoms with Crippen molar-refractivity contribution in [2.75, 3.05) is 0 Å². The summed E-state index contributed by atoms with van der Waals surface area (Å²) in [6, 6.07) is 2.01. The predicted octanol–water partition coefficient (Wildman–Crippen LogP) is 2.24. The first-order chi connectivity index (χ1) is 7.58. The molecule has 0 aromatic carbocycles. The van der Waals surface area contributed by atoms with Crippen molar-refractivity contribution in [3.63, 3.8) is 0 Å². The molecule has 0 amide bonds. The van der Waals surface area contributed by atoms with Gasteiger partial charge < -0.3 is 0 Å². The summed E-state index contributed by atoms with van der Waals surface area (Å²) in [5.74, 6) is 1.08. The summed E-state index contributed by atoms with van der Waals surface area (Å²) in [5.41, 5.74) is 2.01. The van der Waals surface area contributed by atoms with Crippen LogP contribution in [-0.2, 0) is 6.42 Å². The Balaban J connectivity index is 2.39. The number of alkyl halides is 1. The van der Waals surface area contributed by atoms with Gasteiger partial charge in [-0.1, -0.05) is 13.8 Å². The van der Waals surface area contributed by atoms with Crippen LogP contribution in [0, 0.1) is 12.8 Å². The van der Waals surface area contributed by atoms with Crippen LogP contribution in [0.25, 0.3) is 5.78 Å². The average molecular weight is 239 g/mol. The van der Waals surface area contributed by atoms with Crippen LogP contribution in [0.5, 0.6) is 0 Å². The Hall–Kier alpha value is -1.16. The van der Waals surface area contributed by atoms with Gasteiger partial charge in [-0.05, 0) is 18.9 Å². The molecule has 0 aliphatic rings. The van der Waals surface area contributed by atoms with Crippen LogP contribution in [0.15, 0.2) is 12.4 Å². The number of halogens is 1. The van der Waals surface area contributed by atoms with E-state index in [4.69, 9.17) is 11.6 Å². The summed E-state index contributed by atoms with van der Waals surface area (Å²) in [6.45, 7) is 6.19. The highest BCUT2D eigenvalue weighted by Crippen LogP contribution is 2.16. The van der Waals surface area contributed by atoms with Gasteiger partial charge in [0.15, 0.2) is 0 Å². The Morgan fingerprint density at radius 3 is 2.88 bits per heavy atom. The Kier molecular flexibility index (Phi) is 3.10. The SMILES string of the molecule is Cc1cc(CC(Cl)C(C)C)n2ncnc2n1. The fraction of sp³-hybridized carbons (Fsp3) is 0.545. The minimum atomic E-state index is 0.106. The Morgan fingerprint density at radius 2 is 2.19 bits per heavy atom. The van der Waals surface area contributed by atoms with Crippen molar-refractivity contribution in [1.82, 2.24) is 19.6 Å². The van der Waals surface area contributed by atoms with E-state index in [0.717, 1.165) is 17.8 Å². The van der Waals surface area contributed by atoms with Gasteiger partial charge in [-0.2, -0.15) is 10.1 Å². The highest BCUT2D eigenvalue weighted by molar-refractivity contribution is 6.20. The van der Waals surface area contributed by atoms with Crippen LogP contribution in [0.3, 0.4) is 0 Å². The maximum Gasteiger partial charge on any atom is 0.252 e. The summed E-state index contributed by atoms with van der Waals surface area (Å²) >= 11 is 6.29. The molecule has 4 nitrogen and oxygen atoms in total. The first-order valence-corrected chi connectivity index (χ1v) is 5.82. The largest absolute Gasteiger partial charge is 0.252 e. The third-order valence-corrected chi connectivity index (χ3v) is 3.24. The molecule has 5 heteroatoms. The van der Waals surface area contributed by atoms with Gasteiger partial charge in [0, 0.05) is 23.2 Å². The lowest BCUT2D eigenvalue weighted by molar-refractivity contribution is 0.583. The van der Waals surface area contributed by atoms with E-state index in [9.17, 15) is 0 Å². The maximum absolute atomic E-state index is 6.29. The summed E-state index contributed by atoms with van der Waals surface area (Å²) < 4.78 is 1.75. The quantitative estimate of drug-likeness (QED) is 0.771. The predicted molar refractivity (Wildman–Crippen MR) is 63.7 cm³/mol. The number of hydrogen-bond acceptors (Lipinski definition) is 3. The number of aromatic nitrogens is 4. The van der Waals surface area contributed by atoms with Crippen molar-refractivity contribution in [3.8, 4) is 0 Å². The minimum Gasteiger partial charge on any atom is -0.216 e. The standard InChI is InChI=1S/C11H15ClN4/c1-7(2)10(12)5-9-4-8(3)15-11-13-6-14-16(9)11/h4,6-7,10H,5H2,1-3H3. The highest BCUT2D eigenvalue weighted by Gasteiger charge is 2.14. The molecule has 1 atom stereocenters. The minimum absolute atomic E-state index is 0.106. The van der Waals surface area contributed by atoms with E-state index < -0.39 is 0 Å². The van der Waals surface area contributed by atoms with E-state index in [1.54, 1.807) is 4.52 Å². The van der Waals surface area contributed by atoms with E-state index in [1.807, 2.05) is 13.0 Å². The van der Waals surface area contributed by atoms with Gasteiger partial charge in [-0.25, -0.2) is 9.50 Å². The molecule has 0 radical (unpaired) electrons. The molecule has 2 aromatic rings. The second-order valence-electron chi connectivity index (χ2n) is 4.32. The van der Waals surface area contributed by atoms with Gasteiger partial charge >= 0.3 is 0 Å². The maximum atomic E-state index is 6.29. The summed E-state index contributed by atoms with van der Waals surface area (Å²) in [7, 11) is 0. The Bertz CT molecular complexity index is 492. The van der Waals surface area contributed by atoms with Crippen LogP contribution >= 0.6 is 11.6 Å². The topological polar surface area (TPSA) is 43.1 Å². The summed E-state index contributed by atoms with van der Waals surface area (Å²) in [6.07, 6.45) is 2.30. The number of fused-ring (bicyclic) bond motifs is 1. The van der Waals surface area contributed by atoms with Gasteiger partial charge in [0.25, 0.3) is 5.78 Å². The van der Waals surface area contributed by atoms with Crippen LogP contribution in [0.4, 0.5) is 0 Å². The van der Waals surface area contributed by atoms with Crippen molar-refractivity contribution in [1.29, 1.82) is 0 Å². The first kappa shape index (κ1) is 11.3. The first-order valence-electron chi connectivity index (χ1n) is 5.38. The van der Waals surface area contributed by atoms with E-state index in [-0.39, 0.29) is 5.38 Å². The van der Waals surface area contributed by atoms with Gasteiger partial charge in [0.05, 0.1) is 0 Å². The smallest absolute Gasteiger partial charge is 0.216 e. The zero-order valence-corrected chi connectivity index (χ0v) is 10.4. The number of aryl methyl sites for hydroxylation is 1. The molecule has 2 aromatic heterocycles. The zero-order valence-electron chi connectivity index (χ0n) is 9.68. The summed E-state index contributed by atoms with van der Waals surface area (Å²) in [5, 5.41) is 4.26. The molecule has 0 aliphatic heterocycles. The zero-order chi connectivity index (χ0) is 11.7. The molecular weight excluding hydrogens is 224 g/mol. The number of rotatable bonds is 3. The van der Waals surface area contributed by atoms with Crippen molar-refractivity contribution in [3.05, 3.63) is 23.8 Å². The molecule has 0 saturated heterocycles. The third-order valence-electron chi connectivity index (χ3n) is 2.58. The summed E-state index contributed by atoms with van der Waals surface area (Å²) in [4.78, 5) is 8.38. The van der Waals surface area contributed by atoms with Gasteiger partial charge in [0.1, 0.15) is 6.33 Å². The lowest BCUT2D eigenvalue weighted by Crippen LogP contribution is -2.14. The highest BCUT2D eigenvalue weighted by atomic mass is 35.5. The molecule has 0 fully saturated rings. The number of hydrogen-bond donors (Lipinski definition) is 0. The van der Waals surface area contributed by atoms with E-state index in [1.165, 1.54) is 6.33 Å². The lowest BCUT2D eigenvalue weighted by Gasteiger charge is -2.13. The monoisotopic (exact) mass is 238 g/mol. The molecular formula is C11H15ClN4. The molecule has 1 unspecified atom stereocenters. The molecule has 16 heavy (non-hydrogen) atoms. The molecule has 86 valence electrons. The van der Waals surface area contributed by atoms with Crippen LogP contribution in [0.1, 0.15) is 25.2 Å². The third kappa shape index (κ3) is 2.16. The normalized spacial score (nSPS) is 13.6. The lowest BCUT2D eigenvalue weighted by atomic mass is 10.1. The van der Waals surface area contributed by atoms with Gasteiger partial charge in [-0.3, -0.25) is 0 Å². The van der Waals surface area contributed by atoms with Gasteiger partial charge in [-0.15, -0.1) is 11.6 Å². The van der Waals surface area contributed by atoms with Crippen LogP contribution in [0.2, 0.25) is 0 Å². The van der Waals surface area contributed by atoms with E-state index >= 15 is 0 Å².